The minimum absolute atomic E-state index is 0.0697. The van der Waals surface area contributed by atoms with Crippen molar-refractivity contribution in [2.24, 2.45) is 0 Å². The van der Waals surface area contributed by atoms with Gasteiger partial charge in [-0.25, -0.2) is 9.71 Å². The molecule has 35 heavy (non-hydrogen) atoms. The molecule has 10 heteroatoms. The molecule has 0 bridgehead atoms. The number of amides is 1. The summed E-state index contributed by atoms with van der Waals surface area (Å²) in [5, 5.41) is 3.92. The lowest BCUT2D eigenvalue weighted by Gasteiger charge is -2.22. The van der Waals surface area contributed by atoms with Crippen molar-refractivity contribution in [1.82, 2.24) is 19.5 Å². The fraction of sp³-hybridized carbons (Fsp3) is 0.400. The average molecular weight is 499 g/mol. The number of aromatic nitrogens is 3. The number of rotatable bonds is 9. The van der Waals surface area contributed by atoms with Crippen LogP contribution in [0.2, 0.25) is 0 Å². The van der Waals surface area contributed by atoms with Gasteiger partial charge in [0.05, 0.1) is 25.7 Å². The Morgan fingerprint density at radius 1 is 1.17 bits per heavy atom. The number of methoxy groups -OCH3 is 2. The molecule has 0 radical (unpaired) electrons. The number of hydrogen-bond donors (Lipinski definition) is 1. The first-order chi connectivity index (χ1) is 16.6. The third-order valence-electron chi connectivity index (χ3n) is 6.23. The predicted molar refractivity (Wildman–Crippen MR) is 131 cm³/mol. The highest BCUT2D eigenvalue weighted by Crippen LogP contribution is 2.34. The summed E-state index contributed by atoms with van der Waals surface area (Å²) in [5.41, 5.74) is 4.34. The number of fused-ring (bicyclic) bond motifs is 1. The van der Waals surface area contributed by atoms with Crippen LogP contribution in [0.1, 0.15) is 37.0 Å². The Bertz CT molecular complexity index is 1350. The van der Waals surface area contributed by atoms with Crippen LogP contribution in [-0.4, -0.2) is 48.9 Å². The molecule has 9 nitrogen and oxygen atoms in total. The highest BCUT2D eigenvalue weighted by Gasteiger charge is 2.26. The van der Waals surface area contributed by atoms with E-state index in [0.29, 0.717) is 12.4 Å². The molecular formula is C25H30N4O5S. The number of carbonyl (C=O) groups is 1. The number of ether oxygens (including phenoxy) is 2. The smallest absolute Gasteiger partial charge is 0.283 e. The number of benzene rings is 1. The molecule has 0 atom stereocenters. The topological polar surface area (TPSA) is 112 Å². The average Bonchev–Trinajstić information content (AvgIpc) is 3.49. The summed E-state index contributed by atoms with van der Waals surface area (Å²) in [7, 11) is -0.997. The van der Waals surface area contributed by atoms with E-state index in [4.69, 9.17) is 9.47 Å². The molecule has 3 aromatic rings. The van der Waals surface area contributed by atoms with Gasteiger partial charge in [0.25, 0.3) is 10.0 Å². The maximum Gasteiger partial charge on any atom is 0.283 e. The molecule has 186 valence electrons. The molecule has 0 saturated carbocycles. The molecule has 0 saturated heterocycles. The van der Waals surface area contributed by atoms with E-state index in [-0.39, 0.29) is 11.4 Å². The van der Waals surface area contributed by atoms with E-state index in [0.717, 1.165) is 41.5 Å². The summed E-state index contributed by atoms with van der Waals surface area (Å²) in [6.45, 7) is 4.11. The van der Waals surface area contributed by atoms with Crippen molar-refractivity contribution in [2.75, 3.05) is 14.2 Å². The maximum atomic E-state index is 13.0. The van der Waals surface area contributed by atoms with Crippen molar-refractivity contribution in [3.8, 4) is 17.0 Å². The summed E-state index contributed by atoms with van der Waals surface area (Å²) < 4.78 is 40.1. The summed E-state index contributed by atoms with van der Waals surface area (Å²) in [6, 6.07) is 9.09. The number of nitrogens with zero attached hydrogens (tertiary/aromatic N) is 3. The Balaban J connectivity index is 1.58. The van der Waals surface area contributed by atoms with Crippen LogP contribution in [0.15, 0.2) is 47.8 Å². The zero-order valence-corrected chi connectivity index (χ0v) is 21.2. The van der Waals surface area contributed by atoms with Crippen LogP contribution >= 0.6 is 0 Å². The van der Waals surface area contributed by atoms with Gasteiger partial charge in [-0.15, -0.1) is 0 Å². The predicted octanol–water partition coefficient (Wildman–Crippen LogP) is 2.92. The van der Waals surface area contributed by atoms with Crippen molar-refractivity contribution in [3.05, 3.63) is 59.4 Å². The van der Waals surface area contributed by atoms with Crippen LogP contribution in [0.25, 0.3) is 11.1 Å². The van der Waals surface area contributed by atoms with Gasteiger partial charge in [-0.2, -0.15) is 13.5 Å². The molecule has 1 aliphatic carbocycles. The standard InChI is InChI=1S/C25H30N4O5S/c1-25(2,34-4)16-29-13-11-24(27-29)35(31,32)28-22(30)15-21-19-7-5-6-17(19)8-9-20(21)18-10-12-26-23(14-18)33-3/h8-14H,5-7,15-16H2,1-4H3,(H,28,30). The van der Waals surface area contributed by atoms with Crippen molar-refractivity contribution in [1.29, 1.82) is 0 Å². The second kappa shape index (κ2) is 9.79. The van der Waals surface area contributed by atoms with Crippen LogP contribution in [0, 0.1) is 0 Å². The zero-order chi connectivity index (χ0) is 25.2. The quantitative estimate of drug-likeness (QED) is 0.483. The third kappa shape index (κ3) is 5.54. The van der Waals surface area contributed by atoms with E-state index in [2.05, 4.69) is 20.9 Å². The van der Waals surface area contributed by atoms with Gasteiger partial charge in [0.1, 0.15) is 0 Å². The molecule has 0 fully saturated rings. The van der Waals surface area contributed by atoms with Crippen LogP contribution in [0.3, 0.4) is 0 Å². The van der Waals surface area contributed by atoms with Gasteiger partial charge >= 0.3 is 0 Å². The summed E-state index contributed by atoms with van der Waals surface area (Å²) in [5.74, 6) is -0.146. The summed E-state index contributed by atoms with van der Waals surface area (Å²) >= 11 is 0. The third-order valence-corrected chi connectivity index (χ3v) is 7.49. The van der Waals surface area contributed by atoms with Gasteiger partial charge in [-0.1, -0.05) is 12.1 Å². The van der Waals surface area contributed by atoms with Crippen LogP contribution in [-0.2, 0) is 45.4 Å². The molecule has 1 amide bonds. The van der Waals surface area contributed by atoms with Gasteiger partial charge in [-0.05, 0) is 73.1 Å². The van der Waals surface area contributed by atoms with Gasteiger partial charge in [0.15, 0.2) is 5.03 Å². The second-order valence-electron chi connectivity index (χ2n) is 9.19. The highest BCUT2D eigenvalue weighted by atomic mass is 32.2. The van der Waals surface area contributed by atoms with Gasteiger partial charge < -0.3 is 9.47 Å². The Hall–Kier alpha value is -3.24. The van der Waals surface area contributed by atoms with E-state index in [1.807, 2.05) is 32.0 Å². The molecular weight excluding hydrogens is 468 g/mol. The number of sulfonamides is 1. The van der Waals surface area contributed by atoms with Crippen molar-refractivity contribution >= 4 is 15.9 Å². The molecule has 2 heterocycles. The lowest BCUT2D eigenvalue weighted by atomic mass is 9.91. The lowest BCUT2D eigenvalue weighted by molar-refractivity contribution is -0.118. The fourth-order valence-corrected chi connectivity index (χ4v) is 5.26. The van der Waals surface area contributed by atoms with Crippen molar-refractivity contribution < 1.29 is 22.7 Å². The fourth-order valence-electron chi connectivity index (χ4n) is 4.33. The van der Waals surface area contributed by atoms with Crippen LogP contribution in [0.5, 0.6) is 5.88 Å². The van der Waals surface area contributed by atoms with Gasteiger partial charge in [0, 0.05) is 25.6 Å². The largest absolute Gasteiger partial charge is 0.481 e. The van der Waals surface area contributed by atoms with E-state index >= 15 is 0 Å². The Kier molecular flexibility index (Phi) is 6.95. The van der Waals surface area contributed by atoms with Crippen molar-refractivity contribution in [3.63, 3.8) is 0 Å². The highest BCUT2D eigenvalue weighted by molar-refractivity contribution is 7.90. The Labute approximate surface area is 205 Å². The number of aryl methyl sites for hydroxylation is 1. The number of carbonyl (C=O) groups excluding carboxylic acids is 1. The molecule has 2 aromatic heterocycles. The first-order valence-electron chi connectivity index (χ1n) is 11.4. The van der Waals surface area contributed by atoms with Gasteiger partial charge in [0.2, 0.25) is 11.8 Å². The Morgan fingerprint density at radius 2 is 1.97 bits per heavy atom. The SMILES string of the molecule is COc1cc(-c2ccc3c(c2CC(=O)NS(=O)(=O)c2ccn(CC(C)(C)OC)n2)CCC3)ccn1. The first kappa shape index (κ1) is 24.9. The van der Waals surface area contributed by atoms with Crippen LogP contribution < -0.4 is 9.46 Å². The zero-order valence-electron chi connectivity index (χ0n) is 20.4. The minimum atomic E-state index is -4.13. The molecule has 4 rings (SSSR count). The molecule has 0 spiro atoms. The molecule has 0 unspecified atom stereocenters. The molecule has 0 aliphatic heterocycles. The molecule has 1 N–H and O–H groups in total. The normalized spacial score (nSPS) is 13.5. The van der Waals surface area contributed by atoms with E-state index in [1.54, 1.807) is 26.6 Å². The second-order valence-corrected chi connectivity index (χ2v) is 10.8. The van der Waals surface area contributed by atoms with E-state index in [9.17, 15) is 13.2 Å². The first-order valence-corrected chi connectivity index (χ1v) is 12.9. The maximum absolute atomic E-state index is 13.0. The molecule has 1 aromatic carbocycles. The number of hydrogen-bond acceptors (Lipinski definition) is 7. The number of nitrogens with one attached hydrogen (secondary N) is 1. The monoisotopic (exact) mass is 498 g/mol. The van der Waals surface area contributed by atoms with E-state index < -0.39 is 21.5 Å². The van der Waals surface area contributed by atoms with Crippen LogP contribution in [0.4, 0.5) is 0 Å². The van der Waals surface area contributed by atoms with E-state index in [1.165, 1.54) is 16.3 Å². The van der Waals surface area contributed by atoms with Crippen molar-refractivity contribution in [2.45, 2.75) is 56.7 Å². The van der Waals surface area contributed by atoms with Gasteiger partial charge in [-0.3, -0.25) is 9.48 Å². The summed E-state index contributed by atoms with van der Waals surface area (Å²) in [6.07, 6.45) is 5.92. The summed E-state index contributed by atoms with van der Waals surface area (Å²) in [4.78, 5) is 17.2. The minimum Gasteiger partial charge on any atom is -0.481 e. The lowest BCUT2D eigenvalue weighted by Crippen LogP contribution is -2.33. The molecule has 1 aliphatic rings. The Morgan fingerprint density at radius 3 is 2.71 bits per heavy atom. The number of pyridine rings is 1.